The monoisotopic (exact) mass is 578 g/mol. The number of para-hydroxylation sites is 1. The average Bonchev–Trinajstić information content (AvgIpc) is 2.98. The summed E-state index contributed by atoms with van der Waals surface area (Å²) in [5.74, 6) is -0.659. The maximum Gasteiger partial charge on any atom is 0.459 e. The Morgan fingerprint density at radius 2 is 1.59 bits per heavy atom. The first-order valence-corrected chi connectivity index (χ1v) is 14.3. The van der Waals surface area contributed by atoms with Gasteiger partial charge in [-0.2, -0.15) is 5.09 Å². The van der Waals surface area contributed by atoms with Crippen LogP contribution in [0.2, 0.25) is 0 Å². The second-order valence-electron chi connectivity index (χ2n) is 9.17. The third kappa shape index (κ3) is 8.39. The van der Waals surface area contributed by atoms with Crippen molar-refractivity contribution < 1.29 is 38.5 Å². The van der Waals surface area contributed by atoms with Gasteiger partial charge in [-0.25, -0.2) is 4.57 Å². The number of aryl methyl sites for hydroxylation is 1. The van der Waals surface area contributed by atoms with Crippen LogP contribution in [-0.2, 0) is 40.1 Å². The SMILES string of the molecule is Cc1ncc(COP(=O)(NC(Cc2ccc(OCc3ccccc3)cc2)C(=O)O)Oc2ccccc2)c(CO)c1O. The van der Waals surface area contributed by atoms with Gasteiger partial charge in [0.05, 0.1) is 18.9 Å². The number of hydrogen-bond donors (Lipinski definition) is 4. The fourth-order valence-corrected chi connectivity index (χ4v) is 5.40. The van der Waals surface area contributed by atoms with Crippen LogP contribution in [0.25, 0.3) is 0 Å². The molecule has 0 spiro atoms. The van der Waals surface area contributed by atoms with E-state index in [0.717, 1.165) is 5.56 Å². The van der Waals surface area contributed by atoms with Gasteiger partial charge in [0.25, 0.3) is 0 Å². The van der Waals surface area contributed by atoms with Crippen LogP contribution in [-0.4, -0.2) is 32.3 Å². The lowest BCUT2D eigenvalue weighted by atomic mass is 10.1. The molecule has 0 aliphatic rings. The molecule has 0 saturated carbocycles. The number of carboxylic acid groups (broad SMARTS) is 1. The predicted octanol–water partition coefficient (Wildman–Crippen LogP) is 5.16. The minimum Gasteiger partial charge on any atom is -0.506 e. The van der Waals surface area contributed by atoms with Gasteiger partial charge in [-0.3, -0.25) is 14.3 Å². The van der Waals surface area contributed by atoms with E-state index in [-0.39, 0.29) is 35.7 Å². The minimum atomic E-state index is -4.31. The van der Waals surface area contributed by atoms with Gasteiger partial charge >= 0.3 is 13.7 Å². The van der Waals surface area contributed by atoms with Crippen LogP contribution in [0, 0.1) is 6.92 Å². The fraction of sp³-hybridized carbons (Fsp3) is 0.200. The lowest BCUT2D eigenvalue weighted by Crippen LogP contribution is -2.38. The summed E-state index contributed by atoms with van der Waals surface area (Å²) in [6.45, 7) is 1.08. The lowest BCUT2D eigenvalue weighted by molar-refractivity contribution is -0.139. The van der Waals surface area contributed by atoms with Gasteiger partial charge in [-0.1, -0.05) is 60.7 Å². The summed E-state index contributed by atoms with van der Waals surface area (Å²) in [6, 6.07) is 23.5. The smallest absolute Gasteiger partial charge is 0.459 e. The Hall–Kier alpha value is -4.21. The highest BCUT2D eigenvalue weighted by molar-refractivity contribution is 7.52. The number of hydrogen-bond acceptors (Lipinski definition) is 8. The van der Waals surface area contributed by atoms with Gasteiger partial charge in [0.2, 0.25) is 0 Å². The zero-order valence-corrected chi connectivity index (χ0v) is 23.2. The summed E-state index contributed by atoms with van der Waals surface area (Å²) in [7, 11) is -4.31. The first-order chi connectivity index (χ1) is 19.8. The number of aliphatic carboxylic acids is 1. The number of carboxylic acids is 1. The van der Waals surface area contributed by atoms with Gasteiger partial charge < -0.3 is 24.6 Å². The van der Waals surface area contributed by atoms with Crippen molar-refractivity contribution in [3.8, 4) is 17.2 Å². The number of pyridine rings is 1. The van der Waals surface area contributed by atoms with E-state index >= 15 is 0 Å². The van der Waals surface area contributed by atoms with E-state index in [0.29, 0.717) is 23.6 Å². The summed E-state index contributed by atoms with van der Waals surface area (Å²) in [5, 5.41) is 32.5. The van der Waals surface area contributed by atoms with Crippen LogP contribution in [0.3, 0.4) is 0 Å². The molecule has 1 heterocycles. The van der Waals surface area contributed by atoms with Gasteiger partial charge in [0.15, 0.2) is 0 Å². The Kier molecular flexibility index (Phi) is 10.1. The van der Waals surface area contributed by atoms with Crippen LogP contribution < -0.4 is 14.3 Å². The van der Waals surface area contributed by atoms with Gasteiger partial charge in [0.1, 0.15) is 29.9 Å². The zero-order chi connectivity index (χ0) is 29.2. The van der Waals surface area contributed by atoms with Crippen molar-refractivity contribution in [3.63, 3.8) is 0 Å². The molecule has 1 aromatic heterocycles. The normalized spacial score (nSPS) is 13.2. The van der Waals surface area contributed by atoms with Crippen LogP contribution >= 0.6 is 7.75 Å². The molecule has 0 saturated heterocycles. The second kappa shape index (κ2) is 13.9. The molecule has 2 atom stereocenters. The maximum atomic E-state index is 13.9. The predicted molar refractivity (Wildman–Crippen MR) is 152 cm³/mol. The number of nitrogens with zero attached hydrogens (tertiary/aromatic N) is 1. The van der Waals surface area contributed by atoms with E-state index in [1.807, 2.05) is 30.3 Å². The third-order valence-electron chi connectivity index (χ3n) is 6.17. The van der Waals surface area contributed by atoms with Crippen molar-refractivity contribution in [1.82, 2.24) is 10.1 Å². The molecule has 10 nitrogen and oxygen atoms in total. The van der Waals surface area contributed by atoms with Crippen LogP contribution in [0.4, 0.5) is 0 Å². The summed E-state index contributed by atoms with van der Waals surface area (Å²) in [6.07, 6.45) is 1.35. The van der Waals surface area contributed by atoms with E-state index in [1.165, 1.54) is 6.20 Å². The number of aliphatic hydroxyl groups is 1. The number of aliphatic hydroxyl groups excluding tert-OH is 1. The Bertz CT molecular complexity index is 1480. The van der Waals surface area contributed by atoms with Gasteiger partial charge in [0, 0.05) is 17.3 Å². The molecule has 0 radical (unpaired) electrons. The number of carbonyl (C=O) groups is 1. The highest BCUT2D eigenvalue weighted by Crippen LogP contribution is 2.46. The topological polar surface area (TPSA) is 147 Å². The third-order valence-corrected chi connectivity index (χ3v) is 7.72. The molecule has 4 N–H and O–H groups in total. The van der Waals surface area contributed by atoms with Crippen molar-refractivity contribution in [2.24, 2.45) is 0 Å². The molecule has 0 aliphatic carbocycles. The van der Waals surface area contributed by atoms with Crippen LogP contribution in [0.5, 0.6) is 17.2 Å². The molecule has 0 aliphatic heterocycles. The summed E-state index contributed by atoms with van der Waals surface area (Å²) in [5.41, 5.74) is 2.41. The number of aromatic hydroxyl groups is 1. The van der Waals surface area contributed by atoms with E-state index in [2.05, 4.69) is 10.1 Å². The molecule has 4 rings (SSSR count). The first kappa shape index (κ1) is 29.8. The molecule has 0 fully saturated rings. The molecule has 0 amide bonds. The minimum absolute atomic E-state index is 0.0332. The van der Waals surface area contributed by atoms with Crippen molar-refractivity contribution in [2.45, 2.75) is 39.2 Å². The van der Waals surface area contributed by atoms with Crippen LogP contribution in [0.15, 0.2) is 91.1 Å². The molecular weight excluding hydrogens is 547 g/mol. The molecule has 214 valence electrons. The summed E-state index contributed by atoms with van der Waals surface area (Å²) in [4.78, 5) is 16.3. The standard InChI is InChI=1S/C30H31N2O8P/c1-21-29(34)27(18-33)24(17-31-21)20-39-41(37,40-26-10-6-3-7-11-26)32-28(30(35)36)16-22-12-14-25(15-13-22)38-19-23-8-4-2-5-9-23/h2-15,17,28,33-34H,16,18-20H2,1H3,(H,32,37)(H,35,36). The van der Waals surface area contributed by atoms with E-state index in [1.54, 1.807) is 61.5 Å². The average molecular weight is 579 g/mol. The van der Waals surface area contributed by atoms with Crippen molar-refractivity contribution in [2.75, 3.05) is 0 Å². The molecule has 41 heavy (non-hydrogen) atoms. The van der Waals surface area contributed by atoms with Gasteiger partial charge in [-0.15, -0.1) is 0 Å². The Morgan fingerprint density at radius 1 is 0.927 bits per heavy atom. The number of nitrogens with one attached hydrogen (secondary N) is 1. The Morgan fingerprint density at radius 3 is 2.22 bits per heavy atom. The molecule has 0 bridgehead atoms. The number of ether oxygens (including phenoxy) is 1. The van der Waals surface area contributed by atoms with Crippen molar-refractivity contribution in [3.05, 3.63) is 119 Å². The van der Waals surface area contributed by atoms with E-state index in [4.69, 9.17) is 13.8 Å². The van der Waals surface area contributed by atoms with Crippen LogP contribution in [0.1, 0.15) is 27.9 Å². The zero-order valence-electron chi connectivity index (χ0n) is 22.3. The highest BCUT2D eigenvalue weighted by atomic mass is 31.2. The lowest BCUT2D eigenvalue weighted by Gasteiger charge is -2.24. The second-order valence-corrected chi connectivity index (χ2v) is 10.9. The summed E-state index contributed by atoms with van der Waals surface area (Å²) >= 11 is 0. The Labute approximate surface area is 237 Å². The van der Waals surface area contributed by atoms with E-state index in [9.17, 15) is 24.7 Å². The Balaban J connectivity index is 1.49. The first-order valence-electron chi connectivity index (χ1n) is 12.8. The maximum absolute atomic E-state index is 13.9. The highest BCUT2D eigenvalue weighted by Gasteiger charge is 2.34. The molecule has 2 unspecified atom stereocenters. The van der Waals surface area contributed by atoms with E-state index < -0.39 is 26.4 Å². The molecular formula is C30H31N2O8P. The largest absolute Gasteiger partial charge is 0.506 e. The molecule has 3 aromatic carbocycles. The fourth-order valence-electron chi connectivity index (χ4n) is 3.93. The number of benzene rings is 3. The molecule has 4 aromatic rings. The molecule has 11 heteroatoms. The number of aromatic nitrogens is 1. The number of rotatable bonds is 14. The quantitative estimate of drug-likeness (QED) is 0.148. The van der Waals surface area contributed by atoms with Crippen molar-refractivity contribution >= 4 is 13.7 Å². The van der Waals surface area contributed by atoms with Crippen molar-refractivity contribution in [1.29, 1.82) is 0 Å². The summed E-state index contributed by atoms with van der Waals surface area (Å²) < 4.78 is 31.0. The van der Waals surface area contributed by atoms with Gasteiger partial charge in [-0.05, 0) is 48.7 Å².